The van der Waals surface area contributed by atoms with Gasteiger partial charge in [0.25, 0.3) is 0 Å². The van der Waals surface area contributed by atoms with Gasteiger partial charge in [-0.2, -0.15) is 5.10 Å². The molecule has 0 spiro atoms. The molecular weight excluding hydrogens is 445 g/mol. The monoisotopic (exact) mass is 477 g/mol. The average Bonchev–Trinajstić information content (AvgIpc) is 3.07. The van der Waals surface area contributed by atoms with E-state index >= 15 is 0 Å². The Kier molecular flexibility index (Phi) is 7.91. The van der Waals surface area contributed by atoms with Gasteiger partial charge in [0, 0.05) is 45.0 Å². The van der Waals surface area contributed by atoms with Crippen molar-refractivity contribution in [1.29, 1.82) is 0 Å². The molecule has 7 nitrogen and oxygen atoms in total. The van der Waals surface area contributed by atoms with Gasteiger partial charge in [-0.3, -0.25) is 14.5 Å². The van der Waals surface area contributed by atoms with Crippen molar-refractivity contribution in [3.05, 3.63) is 17.0 Å². The lowest BCUT2D eigenvalue weighted by Gasteiger charge is -2.23. The number of carbonyl (C=O) groups is 1. The Labute approximate surface area is 173 Å². The van der Waals surface area contributed by atoms with E-state index in [0.717, 1.165) is 30.3 Å². The highest BCUT2D eigenvalue weighted by Crippen LogP contribution is 2.21. The number of nitrogens with zero attached hydrogens (tertiary/aromatic N) is 4. The standard InChI is InChI=1S/C18H31N5O2.HI/c1-12-15(13(2)22(7)21-12)10-20-17(19-6)23-9-8-14(11-23)16(24)25-18(3,4)5;/h14H,8-11H2,1-7H3,(H,19,20);1H. The van der Waals surface area contributed by atoms with Crippen molar-refractivity contribution in [3.8, 4) is 0 Å². The molecule has 148 valence electrons. The van der Waals surface area contributed by atoms with E-state index in [9.17, 15) is 4.79 Å². The minimum Gasteiger partial charge on any atom is -0.460 e. The highest BCUT2D eigenvalue weighted by molar-refractivity contribution is 14.0. The molecule has 26 heavy (non-hydrogen) atoms. The molecular formula is C18H32IN5O2. The van der Waals surface area contributed by atoms with Crippen molar-refractivity contribution in [3.63, 3.8) is 0 Å². The summed E-state index contributed by atoms with van der Waals surface area (Å²) in [6, 6.07) is 0. The first kappa shape index (κ1) is 22.7. The summed E-state index contributed by atoms with van der Waals surface area (Å²) in [5, 5.41) is 7.84. The van der Waals surface area contributed by atoms with Gasteiger partial charge in [0.05, 0.1) is 11.6 Å². The molecule has 0 radical (unpaired) electrons. The summed E-state index contributed by atoms with van der Waals surface area (Å²) in [5.41, 5.74) is 2.91. The fraction of sp³-hybridized carbons (Fsp3) is 0.722. The summed E-state index contributed by atoms with van der Waals surface area (Å²) in [6.07, 6.45) is 0.792. The molecule has 1 saturated heterocycles. The Morgan fingerprint density at radius 1 is 1.38 bits per heavy atom. The first-order valence-electron chi connectivity index (χ1n) is 8.80. The van der Waals surface area contributed by atoms with E-state index in [0.29, 0.717) is 13.1 Å². The van der Waals surface area contributed by atoms with Gasteiger partial charge in [-0.25, -0.2) is 0 Å². The van der Waals surface area contributed by atoms with Gasteiger partial charge >= 0.3 is 5.97 Å². The fourth-order valence-electron chi connectivity index (χ4n) is 3.10. The van der Waals surface area contributed by atoms with Crippen molar-refractivity contribution < 1.29 is 9.53 Å². The number of aryl methyl sites for hydroxylation is 2. The first-order valence-corrected chi connectivity index (χ1v) is 8.80. The highest BCUT2D eigenvalue weighted by Gasteiger charge is 2.33. The summed E-state index contributed by atoms with van der Waals surface area (Å²) in [7, 11) is 3.72. The van der Waals surface area contributed by atoms with Crippen LogP contribution in [0.2, 0.25) is 0 Å². The number of halogens is 1. The van der Waals surface area contributed by atoms with Crippen molar-refractivity contribution in [2.45, 2.75) is 53.2 Å². The van der Waals surface area contributed by atoms with Crippen molar-refractivity contribution in [1.82, 2.24) is 20.0 Å². The number of hydrogen-bond donors (Lipinski definition) is 1. The normalized spacial score (nSPS) is 17.9. The number of guanidine groups is 1. The molecule has 1 aliphatic heterocycles. The first-order chi connectivity index (χ1) is 11.6. The Bertz CT molecular complexity index is 663. The van der Waals surface area contributed by atoms with Crippen LogP contribution in [0.15, 0.2) is 4.99 Å². The van der Waals surface area contributed by atoms with Crippen LogP contribution >= 0.6 is 24.0 Å². The van der Waals surface area contributed by atoms with Gasteiger partial charge in [-0.15, -0.1) is 24.0 Å². The second-order valence-corrected chi connectivity index (χ2v) is 7.64. The van der Waals surface area contributed by atoms with Crippen LogP contribution in [0, 0.1) is 19.8 Å². The van der Waals surface area contributed by atoms with E-state index < -0.39 is 5.60 Å². The van der Waals surface area contributed by atoms with E-state index in [1.807, 2.05) is 39.4 Å². The molecule has 0 aromatic carbocycles. The second kappa shape index (κ2) is 9.05. The average molecular weight is 477 g/mol. The maximum absolute atomic E-state index is 12.3. The van der Waals surface area contributed by atoms with Crippen LogP contribution in [0.4, 0.5) is 0 Å². The molecule has 1 aromatic heterocycles. The zero-order chi connectivity index (χ0) is 18.8. The molecule has 1 unspecified atom stereocenters. The molecule has 0 aliphatic carbocycles. The van der Waals surface area contributed by atoms with Crippen LogP contribution in [0.5, 0.6) is 0 Å². The number of carbonyl (C=O) groups excluding carboxylic acids is 1. The van der Waals surface area contributed by atoms with E-state index in [4.69, 9.17) is 4.74 Å². The molecule has 0 saturated carbocycles. The van der Waals surface area contributed by atoms with Crippen LogP contribution in [0.1, 0.15) is 44.1 Å². The Hall–Kier alpha value is -1.32. The number of nitrogens with one attached hydrogen (secondary N) is 1. The maximum atomic E-state index is 12.3. The molecule has 1 atom stereocenters. The van der Waals surface area contributed by atoms with Crippen LogP contribution in [-0.2, 0) is 23.1 Å². The third-order valence-corrected chi connectivity index (χ3v) is 4.52. The van der Waals surface area contributed by atoms with Crippen molar-refractivity contribution in [2.75, 3.05) is 20.1 Å². The summed E-state index contributed by atoms with van der Waals surface area (Å²) in [5.74, 6) is 0.595. The smallest absolute Gasteiger partial charge is 0.311 e. The van der Waals surface area contributed by atoms with Crippen molar-refractivity contribution >= 4 is 35.9 Å². The zero-order valence-electron chi connectivity index (χ0n) is 16.9. The second-order valence-electron chi connectivity index (χ2n) is 7.64. The Morgan fingerprint density at radius 2 is 2.04 bits per heavy atom. The molecule has 0 amide bonds. The number of aliphatic imine (C=N–C) groups is 1. The number of ether oxygens (including phenoxy) is 1. The minimum absolute atomic E-state index is 0. The minimum atomic E-state index is -0.445. The number of rotatable bonds is 3. The molecule has 0 bridgehead atoms. The topological polar surface area (TPSA) is 71.8 Å². The summed E-state index contributed by atoms with van der Waals surface area (Å²) in [6.45, 7) is 11.9. The van der Waals surface area contributed by atoms with Gasteiger partial charge in [0.15, 0.2) is 5.96 Å². The van der Waals surface area contributed by atoms with Gasteiger partial charge in [-0.05, 0) is 41.0 Å². The largest absolute Gasteiger partial charge is 0.460 e. The molecule has 2 heterocycles. The van der Waals surface area contributed by atoms with Crippen LogP contribution in [-0.4, -0.2) is 52.3 Å². The Morgan fingerprint density at radius 3 is 2.54 bits per heavy atom. The van der Waals surface area contributed by atoms with Gasteiger partial charge in [0.2, 0.25) is 0 Å². The van der Waals surface area contributed by atoms with Crippen LogP contribution in [0.25, 0.3) is 0 Å². The number of hydrogen-bond acceptors (Lipinski definition) is 4. The van der Waals surface area contributed by atoms with E-state index in [1.54, 1.807) is 7.05 Å². The fourth-order valence-corrected chi connectivity index (χ4v) is 3.10. The third-order valence-electron chi connectivity index (χ3n) is 4.52. The van der Waals surface area contributed by atoms with Gasteiger partial charge in [-0.1, -0.05) is 0 Å². The number of aromatic nitrogens is 2. The summed E-state index contributed by atoms with van der Waals surface area (Å²) < 4.78 is 7.40. The van der Waals surface area contributed by atoms with Gasteiger partial charge < -0.3 is 15.0 Å². The Balaban J connectivity index is 0.00000338. The lowest BCUT2D eigenvalue weighted by molar-refractivity contribution is -0.159. The highest BCUT2D eigenvalue weighted by atomic mass is 127. The predicted octanol–water partition coefficient (Wildman–Crippen LogP) is 2.39. The number of likely N-dealkylation sites (tertiary alicyclic amines) is 1. The predicted molar refractivity (Wildman–Crippen MR) is 114 cm³/mol. The van der Waals surface area contributed by atoms with Crippen LogP contribution in [0.3, 0.4) is 0 Å². The molecule has 2 rings (SSSR count). The SMILES string of the molecule is CN=C(NCc1c(C)nn(C)c1C)N1CCC(C(=O)OC(C)(C)C)C1.I. The maximum Gasteiger partial charge on any atom is 0.311 e. The number of esters is 1. The van der Waals surface area contributed by atoms with E-state index in [-0.39, 0.29) is 35.9 Å². The molecule has 8 heteroatoms. The molecule has 1 N–H and O–H groups in total. The molecule has 1 fully saturated rings. The third kappa shape index (κ3) is 5.59. The summed E-state index contributed by atoms with van der Waals surface area (Å²) in [4.78, 5) is 18.8. The van der Waals surface area contributed by atoms with E-state index in [1.165, 1.54) is 5.56 Å². The van der Waals surface area contributed by atoms with Crippen molar-refractivity contribution in [2.24, 2.45) is 18.0 Å². The lowest BCUT2D eigenvalue weighted by atomic mass is 10.1. The zero-order valence-corrected chi connectivity index (χ0v) is 19.2. The molecule has 1 aliphatic rings. The van der Waals surface area contributed by atoms with Gasteiger partial charge in [0.1, 0.15) is 5.60 Å². The molecule has 1 aromatic rings. The lowest BCUT2D eigenvalue weighted by Crippen LogP contribution is -2.40. The van der Waals surface area contributed by atoms with Crippen LogP contribution < -0.4 is 5.32 Å². The van der Waals surface area contributed by atoms with E-state index in [2.05, 4.69) is 27.2 Å². The summed E-state index contributed by atoms with van der Waals surface area (Å²) >= 11 is 0. The quantitative estimate of drug-likeness (QED) is 0.314.